The van der Waals surface area contributed by atoms with Crippen LogP contribution >= 0.6 is 0 Å². The van der Waals surface area contributed by atoms with Gasteiger partial charge in [-0.1, -0.05) is 60.1 Å². The Morgan fingerprint density at radius 1 is 1.06 bits per heavy atom. The van der Waals surface area contributed by atoms with Gasteiger partial charge < -0.3 is 5.11 Å². The second-order valence-electron chi connectivity index (χ2n) is 14.8. The number of ketones is 1. The molecule has 0 heterocycles. The molecule has 0 radical (unpaired) electrons. The molecule has 3 fully saturated rings. The zero-order valence-electron chi connectivity index (χ0n) is 22.8. The standard InChI is InChI=1S/C30H45N3O2/c1-25(2)10-12-30(33-32)13-11-29(7)23(19(30)16-25)20(34)14-22-27(5)15-18(17-31)24(35)26(3,4)21(27)8-9-28(22,29)6/h14-15,19,21,23-24,33,35H,8-13,16,32H2,1-7H3/t19-,21-,23-,24?,27-,28+,29+,30-/m0/s1. The number of allylic oxidation sites excluding steroid dienone is 3. The van der Waals surface area contributed by atoms with Crippen LogP contribution in [0.4, 0.5) is 0 Å². The minimum Gasteiger partial charge on any atom is -0.387 e. The predicted molar refractivity (Wildman–Crippen MR) is 138 cm³/mol. The number of hydrogen-bond donors (Lipinski definition) is 3. The number of aliphatic hydroxyl groups is 1. The lowest BCUT2D eigenvalue weighted by Crippen LogP contribution is -2.70. The van der Waals surface area contributed by atoms with Gasteiger partial charge in [0.25, 0.3) is 0 Å². The number of hydrogen-bond acceptors (Lipinski definition) is 5. The normalized spacial score (nSPS) is 49.9. The van der Waals surface area contributed by atoms with Crippen molar-refractivity contribution in [2.75, 3.05) is 0 Å². The van der Waals surface area contributed by atoms with E-state index in [1.807, 2.05) is 12.2 Å². The molecule has 5 aliphatic rings. The summed E-state index contributed by atoms with van der Waals surface area (Å²) in [7, 11) is 0. The number of hydrazine groups is 1. The van der Waals surface area contributed by atoms with Crippen molar-refractivity contribution in [1.82, 2.24) is 5.43 Å². The van der Waals surface area contributed by atoms with Crippen molar-refractivity contribution in [2.24, 2.45) is 50.7 Å². The van der Waals surface area contributed by atoms with E-state index < -0.39 is 16.9 Å². The molecule has 4 N–H and O–H groups in total. The average molecular weight is 480 g/mol. The van der Waals surface area contributed by atoms with Crippen LogP contribution in [0, 0.1) is 56.2 Å². The van der Waals surface area contributed by atoms with E-state index in [-0.39, 0.29) is 45.3 Å². The van der Waals surface area contributed by atoms with E-state index in [9.17, 15) is 15.2 Å². The third-order valence-corrected chi connectivity index (χ3v) is 12.4. The van der Waals surface area contributed by atoms with E-state index >= 15 is 0 Å². The maximum absolute atomic E-state index is 14.3. The lowest BCUT2D eigenvalue weighted by Gasteiger charge is -2.69. The number of carbonyl (C=O) groups excluding carboxylic acids is 1. The summed E-state index contributed by atoms with van der Waals surface area (Å²) < 4.78 is 0. The van der Waals surface area contributed by atoms with Gasteiger partial charge in [0.2, 0.25) is 0 Å². The Morgan fingerprint density at radius 2 is 1.71 bits per heavy atom. The third kappa shape index (κ3) is 3.00. The molecule has 5 rings (SSSR count). The van der Waals surface area contributed by atoms with Crippen LogP contribution in [-0.4, -0.2) is 22.5 Å². The summed E-state index contributed by atoms with van der Waals surface area (Å²) >= 11 is 0. The first-order valence-corrected chi connectivity index (χ1v) is 13.7. The number of aliphatic hydroxyl groups excluding tert-OH is 1. The van der Waals surface area contributed by atoms with Gasteiger partial charge >= 0.3 is 0 Å². The zero-order valence-corrected chi connectivity index (χ0v) is 22.8. The van der Waals surface area contributed by atoms with Crippen molar-refractivity contribution < 1.29 is 9.90 Å². The van der Waals surface area contributed by atoms with E-state index in [1.54, 1.807) is 0 Å². The molecule has 0 spiro atoms. The van der Waals surface area contributed by atoms with Crippen molar-refractivity contribution in [1.29, 1.82) is 5.26 Å². The van der Waals surface area contributed by atoms with Crippen molar-refractivity contribution in [3.8, 4) is 6.07 Å². The summed E-state index contributed by atoms with van der Waals surface area (Å²) in [5, 5.41) is 20.9. The van der Waals surface area contributed by atoms with Crippen LogP contribution in [0.1, 0.15) is 93.4 Å². The fourth-order valence-corrected chi connectivity index (χ4v) is 10.1. The number of rotatable bonds is 1. The van der Waals surface area contributed by atoms with Gasteiger partial charge in [0.15, 0.2) is 5.78 Å². The molecule has 0 aromatic carbocycles. The van der Waals surface area contributed by atoms with Crippen molar-refractivity contribution in [3.05, 3.63) is 23.3 Å². The summed E-state index contributed by atoms with van der Waals surface area (Å²) in [6.07, 6.45) is 10.4. The molecule has 0 aromatic rings. The third-order valence-electron chi connectivity index (χ3n) is 12.4. The van der Waals surface area contributed by atoms with Crippen molar-refractivity contribution >= 4 is 5.78 Å². The van der Waals surface area contributed by atoms with Gasteiger partial charge in [0.1, 0.15) is 0 Å². The van der Waals surface area contributed by atoms with Gasteiger partial charge in [0, 0.05) is 16.9 Å². The Morgan fingerprint density at radius 3 is 2.34 bits per heavy atom. The van der Waals surface area contributed by atoms with Crippen LogP contribution in [-0.2, 0) is 4.79 Å². The van der Waals surface area contributed by atoms with E-state index in [0.717, 1.165) is 44.9 Å². The Balaban J connectivity index is 1.69. The lowest BCUT2D eigenvalue weighted by atomic mass is 9.35. The fraction of sp³-hybridized carbons (Fsp3) is 0.800. The first kappa shape index (κ1) is 25.2. The molecule has 5 nitrogen and oxygen atoms in total. The monoisotopic (exact) mass is 479 g/mol. The van der Waals surface area contributed by atoms with E-state index in [2.05, 4.69) is 60.0 Å². The van der Waals surface area contributed by atoms with Crippen LogP contribution < -0.4 is 11.3 Å². The highest BCUT2D eigenvalue weighted by Crippen LogP contribution is 2.73. The molecule has 35 heavy (non-hydrogen) atoms. The van der Waals surface area contributed by atoms with Crippen molar-refractivity contribution in [2.45, 2.75) is 105 Å². The van der Waals surface area contributed by atoms with Gasteiger partial charge in [-0.05, 0) is 84.5 Å². The van der Waals surface area contributed by atoms with E-state index in [0.29, 0.717) is 5.57 Å². The van der Waals surface area contributed by atoms with Gasteiger partial charge in [-0.3, -0.25) is 16.1 Å². The van der Waals surface area contributed by atoms with E-state index in [1.165, 1.54) is 5.57 Å². The smallest absolute Gasteiger partial charge is 0.159 e. The summed E-state index contributed by atoms with van der Waals surface area (Å²) in [6.45, 7) is 15.9. The SMILES string of the molecule is CC1(C)CC[C@]2(NN)CC[C@]3(C)[C@H](C(=O)C=C4[C@@]5(C)C=C(C#N)C(O)C(C)(C)[C@@H]5CC[C@]43C)[C@@H]2C1. The average Bonchev–Trinajstić information content (AvgIpc) is 2.77. The van der Waals surface area contributed by atoms with Crippen LogP contribution in [0.2, 0.25) is 0 Å². The van der Waals surface area contributed by atoms with Gasteiger partial charge in [-0.25, -0.2) is 0 Å². The van der Waals surface area contributed by atoms with Gasteiger partial charge in [-0.15, -0.1) is 0 Å². The van der Waals surface area contributed by atoms with Crippen LogP contribution in [0.3, 0.4) is 0 Å². The largest absolute Gasteiger partial charge is 0.387 e. The van der Waals surface area contributed by atoms with Gasteiger partial charge in [0.05, 0.1) is 17.7 Å². The minimum atomic E-state index is -0.770. The highest BCUT2D eigenvalue weighted by atomic mass is 16.3. The van der Waals surface area contributed by atoms with Crippen LogP contribution in [0.15, 0.2) is 23.3 Å². The fourth-order valence-electron chi connectivity index (χ4n) is 10.1. The summed E-state index contributed by atoms with van der Waals surface area (Å²) in [5.74, 6) is 6.85. The lowest BCUT2D eigenvalue weighted by molar-refractivity contribution is -0.162. The number of fused-ring (bicyclic) bond motifs is 7. The molecule has 1 unspecified atom stereocenters. The Hall–Kier alpha value is -1.48. The Kier molecular flexibility index (Phi) is 5.25. The molecule has 5 heteroatoms. The van der Waals surface area contributed by atoms with Crippen LogP contribution in [0.5, 0.6) is 0 Å². The highest BCUT2D eigenvalue weighted by molar-refractivity contribution is 5.95. The first-order chi connectivity index (χ1) is 16.1. The topological polar surface area (TPSA) is 99.1 Å². The van der Waals surface area contributed by atoms with E-state index in [4.69, 9.17) is 5.84 Å². The zero-order chi connectivity index (χ0) is 25.8. The number of nitriles is 1. The molecule has 3 saturated carbocycles. The molecular formula is C30H45N3O2. The molecule has 0 saturated heterocycles. The number of nitrogens with two attached hydrogens (primary N) is 1. The molecule has 0 aromatic heterocycles. The molecule has 0 aliphatic heterocycles. The second-order valence-corrected chi connectivity index (χ2v) is 14.8. The highest BCUT2D eigenvalue weighted by Gasteiger charge is 2.69. The maximum atomic E-state index is 14.3. The first-order valence-electron chi connectivity index (χ1n) is 13.7. The summed E-state index contributed by atoms with van der Waals surface area (Å²) in [4.78, 5) is 14.3. The Bertz CT molecular complexity index is 1070. The molecule has 0 amide bonds. The number of carbonyl (C=O) groups is 1. The molecule has 192 valence electrons. The molecule has 5 aliphatic carbocycles. The van der Waals surface area contributed by atoms with Crippen LogP contribution in [0.25, 0.3) is 0 Å². The second kappa shape index (κ2) is 7.30. The summed E-state index contributed by atoms with van der Waals surface area (Å²) in [6, 6.07) is 2.29. The number of nitrogens with one attached hydrogen (secondary N) is 1. The van der Waals surface area contributed by atoms with Crippen molar-refractivity contribution in [3.63, 3.8) is 0 Å². The molecule has 8 atom stereocenters. The Labute approximate surface area is 211 Å². The number of nitrogens with zero attached hydrogens (tertiary/aromatic N) is 1. The molecule has 0 bridgehead atoms. The minimum absolute atomic E-state index is 0.0533. The molecular weight excluding hydrogens is 434 g/mol. The summed E-state index contributed by atoms with van der Waals surface area (Å²) in [5.41, 5.74) is 3.76. The van der Waals surface area contributed by atoms with Gasteiger partial charge in [-0.2, -0.15) is 5.26 Å². The quantitative estimate of drug-likeness (QED) is 0.354. The predicted octanol–water partition coefficient (Wildman–Crippen LogP) is 5.21. The maximum Gasteiger partial charge on any atom is 0.159 e.